The minimum absolute atomic E-state index is 0.208. The average molecular weight is 365 g/mol. The van der Waals surface area contributed by atoms with Gasteiger partial charge in [0.15, 0.2) is 5.69 Å². The average Bonchev–Trinajstić information content (AvgIpc) is 2.98. The third-order valence-corrected chi connectivity index (χ3v) is 4.38. The molecule has 3 rings (SSSR count). The zero-order valence-electron chi connectivity index (χ0n) is 12.5. The molecule has 1 aliphatic rings. The maximum Gasteiger partial charge on any atom is 0.359 e. The predicted octanol–water partition coefficient (Wildman–Crippen LogP) is 2.97. The van der Waals surface area contributed by atoms with E-state index < -0.39 is 11.6 Å². The first-order chi connectivity index (χ1) is 10.4. The predicted molar refractivity (Wildman–Crippen MR) is 85.1 cm³/mol. The summed E-state index contributed by atoms with van der Waals surface area (Å²) in [6, 6.07) is 7.68. The molecule has 1 N–H and O–H groups in total. The highest BCUT2D eigenvalue weighted by atomic mass is 79.9. The summed E-state index contributed by atoms with van der Waals surface area (Å²) in [6.45, 7) is 3.75. The normalized spacial score (nSPS) is 20.0. The first-order valence-corrected chi connectivity index (χ1v) is 8.01. The third-order valence-electron chi connectivity index (χ3n) is 3.89. The lowest BCUT2D eigenvalue weighted by atomic mass is 9.98. The minimum Gasteiger partial charge on any atom is -0.461 e. The molecular weight excluding hydrogens is 348 g/mol. The van der Waals surface area contributed by atoms with E-state index >= 15 is 0 Å². The van der Waals surface area contributed by atoms with Gasteiger partial charge in [-0.2, -0.15) is 5.10 Å². The smallest absolute Gasteiger partial charge is 0.359 e. The Balaban J connectivity index is 2.18. The number of rotatable bonds is 3. The van der Waals surface area contributed by atoms with E-state index in [1.54, 1.807) is 18.5 Å². The second-order valence-corrected chi connectivity index (χ2v) is 6.47. The molecule has 22 heavy (non-hydrogen) atoms. The van der Waals surface area contributed by atoms with Gasteiger partial charge in [-0.1, -0.05) is 22.0 Å². The molecule has 0 saturated carbocycles. The van der Waals surface area contributed by atoms with Crippen LogP contribution in [0.15, 0.2) is 28.7 Å². The van der Waals surface area contributed by atoms with Crippen LogP contribution in [0.1, 0.15) is 42.0 Å². The molecule has 0 saturated heterocycles. The number of aliphatic hydroxyl groups is 1. The zero-order valence-corrected chi connectivity index (χ0v) is 14.1. The Morgan fingerprint density at radius 1 is 1.55 bits per heavy atom. The second kappa shape index (κ2) is 5.52. The number of carbonyl (C=O) groups excluding carboxylic acids is 1. The number of benzene rings is 1. The maximum absolute atomic E-state index is 12.2. The Bertz CT molecular complexity index is 737. The largest absolute Gasteiger partial charge is 0.461 e. The molecule has 1 unspecified atom stereocenters. The van der Waals surface area contributed by atoms with E-state index in [0.717, 1.165) is 15.9 Å². The van der Waals surface area contributed by atoms with Gasteiger partial charge in [0.2, 0.25) is 0 Å². The first-order valence-electron chi connectivity index (χ1n) is 7.22. The van der Waals surface area contributed by atoms with Gasteiger partial charge in [-0.05, 0) is 44.9 Å². The van der Waals surface area contributed by atoms with Gasteiger partial charge >= 0.3 is 5.97 Å². The summed E-state index contributed by atoms with van der Waals surface area (Å²) in [4.78, 5) is 12.2. The molecule has 5 nitrogen and oxygen atoms in total. The number of fused-ring (bicyclic) bond motifs is 1. The molecule has 2 aromatic rings. The van der Waals surface area contributed by atoms with Gasteiger partial charge in [0.1, 0.15) is 0 Å². The number of halogens is 1. The molecular formula is C16H17BrN2O3. The van der Waals surface area contributed by atoms with Crippen molar-refractivity contribution in [3.8, 4) is 5.69 Å². The van der Waals surface area contributed by atoms with Crippen molar-refractivity contribution in [1.29, 1.82) is 0 Å². The third kappa shape index (κ3) is 2.46. The molecule has 0 bridgehead atoms. The molecule has 0 aliphatic heterocycles. The number of hydrogen-bond acceptors (Lipinski definition) is 4. The molecule has 0 amide bonds. The van der Waals surface area contributed by atoms with Crippen LogP contribution in [0.5, 0.6) is 0 Å². The second-order valence-electron chi connectivity index (χ2n) is 5.56. The monoisotopic (exact) mass is 364 g/mol. The van der Waals surface area contributed by atoms with E-state index in [-0.39, 0.29) is 12.3 Å². The van der Waals surface area contributed by atoms with Crippen LogP contribution >= 0.6 is 15.9 Å². The van der Waals surface area contributed by atoms with E-state index in [0.29, 0.717) is 18.4 Å². The number of aromatic nitrogens is 2. The molecule has 0 spiro atoms. The lowest BCUT2D eigenvalue weighted by Crippen LogP contribution is -2.21. The highest BCUT2D eigenvalue weighted by molar-refractivity contribution is 9.10. The summed E-state index contributed by atoms with van der Waals surface area (Å²) in [5, 5.41) is 15.0. The van der Waals surface area contributed by atoms with Gasteiger partial charge in [0.25, 0.3) is 0 Å². The van der Waals surface area contributed by atoms with Crippen molar-refractivity contribution in [3.05, 3.63) is 45.7 Å². The Labute approximate surface area is 137 Å². The molecule has 1 heterocycles. The van der Waals surface area contributed by atoms with Crippen molar-refractivity contribution >= 4 is 21.9 Å². The lowest BCUT2D eigenvalue weighted by molar-refractivity contribution is 0.0446. The van der Waals surface area contributed by atoms with Crippen LogP contribution in [0, 0.1) is 0 Å². The fraction of sp³-hybridized carbons (Fsp3) is 0.375. The van der Waals surface area contributed by atoms with Crippen molar-refractivity contribution in [2.24, 2.45) is 0 Å². The number of esters is 1. The van der Waals surface area contributed by atoms with Crippen molar-refractivity contribution in [3.63, 3.8) is 0 Å². The number of hydrogen-bond donors (Lipinski definition) is 1. The molecule has 1 aromatic carbocycles. The fourth-order valence-corrected chi connectivity index (χ4v) is 3.29. The first kappa shape index (κ1) is 15.2. The van der Waals surface area contributed by atoms with Crippen molar-refractivity contribution in [1.82, 2.24) is 9.78 Å². The molecule has 116 valence electrons. The van der Waals surface area contributed by atoms with Crippen LogP contribution in [0.3, 0.4) is 0 Å². The molecule has 1 aromatic heterocycles. The zero-order chi connectivity index (χ0) is 15.9. The molecule has 1 atom stereocenters. The van der Waals surface area contributed by atoms with E-state index in [2.05, 4.69) is 21.0 Å². The Kier molecular flexibility index (Phi) is 3.82. The van der Waals surface area contributed by atoms with Crippen molar-refractivity contribution < 1.29 is 14.6 Å². The van der Waals surface area contributed by atoms with Crippen LogP contribution in [-0.4, -0.2) is 27.5 Å². The highest BCUT2D eigenvalue weighted by Crippen LogP contribution is 2.40. The highest BCUT2D eigenvalue weighted by Gasteiger charge is 2.41. The van der Waals surface area contributed by atoms with Crippen LogP contribution in [0.4, 0.5) is 0 Å². The Morgan fingerprint density at radius 2 is 2.32 bits per heavy atom. The van der Waals surface area contributed by atoms with Crippen LogP contribution in [0.2, 0.25) is 0 Å². The summed E-state index contributed by atoms with van der Waals surface area (Å²) in [7, 11) is 0. The number of nitrogens with zero attached hydrogens (tertiary/aromatic N) is 2. The van der Waals surface area contributed by atoms with Crippen LogP contribution in [-0.2, 0) is 16.8 Å². The van der Waals surface area contributed by atoms with E-state index in [9.17, 15) is 9.90 Å². The topological polar surface area (TPSA) is 64.3 Å². The van der Waals surface area contributed by atoms with Crippen molar-refractivity contribution in [2.75, 3.05) is 6.61 Å². The van der Waals surface area contributed by atoms with Crippen LogP contribution < -0.4 is 0 Å². The van der Waals surface area contributed by atoms with Crippen LogP contribution in [0.25, 0.3) is 5.69 Å². The van der Waals surface area contributed by atoms with E-state index in [4.69, 9.17) is 4.74 Å². The van der Waals surface area contributed by atoms with Gasteiger partial charge in [-0.3, -0.25) is 0 Å². The summed E-state index contributed by atoms with van der Waals surface area (Å²) in [5.74, 6) is -0.491. The Morgan fingerprint density at radius 3 is 3.00 bits per heavy atom. The summed E-state index contributed by atoms with van der Waals surface area (Å²) < 4.78 is 7.74. The molecule has 0 fully saturated rings. The van der Waals surface area contributed by atoms with Gasteiger partial charge in [0.05, 0.1) is 23.6 Å². The minimum atomic E-state index is -1.05. The van der Waals surface area contributed by atoms with Gasteiger partial charge < -0.3 is 9.84 Å². The van der Waals surface area contributed by atoms with E-state index in [1.165, 1.54) is 0 Å². The Hall–Kier alpha value is -1.66. The molecule has 0 radical (unpaired) electrons. The van der Waals surface area contributed by atoms with Gasteiger partial charge in [0, 0.05) is 10.0 Å². The lowest BCUT2D eigenvalue weighted by Gasteiger charge is -2.16. The number of carbonyl (C=O) groups is 1. The maximum atomic E-state index is 12.2. The summed E-state index contributed by atoms with van der Waals surface area (Å²) >= 11 is 3.44. The SMILES string of the molecule is CCOC(=O)c1nn(-c2cccc(Br)c2)c2c1C(C)(O)CC2. The standard InChI is InChI=1S/C16H17BrN2O3/c1-3-22-15(20)14-13-12(7-8-16(13,2)21)19(18-14)11-6-4-5-10(17)9-11/h4-6,9,21H,3,7-8H2,1-2H3. The summed E-state index contributed by atoms with van der Waals surface area (Å²) in [5.41, 5.74) is 1.46. The quantitative estimate of drug-likeness (QED) is 0.850. The molecule has 6 heteroatoms. The molecule has 1 aliphatic carbocycles. The van der Waals surface area contributed by atoms with E-state index in [1.807, 2.05) is 24.3 Å². The number of ether oxygens (including phenoxy) is 1. The summed E-state index contributed by atoms with van der Waals surface area (Å²) in [6.07, 6.45) is 1.24. The van der Waals surface area contributed by atoms with Crippen molar-refractivity contribution in [2.45, 2.75) is 32.3 Å². The fourth-order valence-electron chi connectivity index (χ4n) is 2.90. The van der Waals surface area contributed by atoms with Gasteiger partial charge in [-0.15, -0.1) is 0 Å². The van der Waals surface area contributed by atoms with Gasteiger partial charge in [-0.25, -0.2) is 9.48 Å².